The molecule has 1 aromatic rings. The minimum atomic E-state index is -0.0910. The molecule has 0 unspecified atom stereocenters. The van der Waals surface area contributed by atoms with Gasteiger partial charge in [-0.2, -0.15) is 0 Å². The fourth-order valence-electron chi connectivity index (χ4n) is 2.82. The number of amides is 1. The number of benzene rings is 1. The Hall–Kier alpha value is -1.75. The number of methoxy groups -OCH3 is 1. The minimum Gasteiger partial charge on any atom is -0.493 e. The summed E-state index contributed by atoms with van der Waals surface area (Å²) in [7, 11) is 1.59. The summed E-state index contributed by atoms with van der Waals surface area (Å²) in [5.74, 6) is 1.14. The van der Waals surface area contributed by atoms with Crippen LogP contribution in [0.5, 0.6) is 11.5 Å². The van der Waals surface area contributed by atoms with Crippen LogP contribution < -0.4 is 14.8 Å². The lowest BCUT2D eigenvalue weighted by Gasteiger charge is -2.19. The predicted octanol–water partition coefficient (Wildman–Crippen LogP) is 2.46. The maximum absolute atomic E-state index is 11.8. The second kappa shape index (κ2) is 10.1. The highest BCUT2D eigenvalue weighted by Crippen LogP contribution is 2.25. The SMILES string of the molecule is COc1ccccc1OCC(=O)NCCCN1CCCCCC1. The highest BCUT2D eigenvalue weighted by atomic mass is 16.5. The van der Waals surface area contributed by atoms with Crippen molar-refractivity contribution in [2.24, 2.45) is 0 Å². The first kappa shape index (κ1) is 17.6. The van der Waals surface area contributed by atoms with Crippen molar-refractivity contribution in [3.8, 4) is 11.5 Å². The average molecular weight is 320 g/mol. The standard InChI is InChI=1S/C18H28N2O3/c1-22-16-9-4-5-10-17(16)23-15-18(21)19-11-8-14-20-12-6-2-3-7-13-20/h4-5,9-10H,2-3,6-8,11-15H2,1H3,(H,19,21). The monoisotopic (exact) mass is 320 g/mol. The van der Waals surface area contributed by atoms with Crippen LogP contribution in [-0.2, 0) is 4.79 Å². The molecule has 0 bridgehead atoms. The van der Waals surface area contributed by atoms with Gasteiger partial charge in [0.05, 0.1) is 7.11 Å². The zero-order valence-corrected chi connectivity index (χ0v) is 14.1. The maximum Gasteiger partial charge on any atom is 0.257 e. The van der Waals surface area contributed by atoms with E-state index in [2.05, 4.69) is 10.2 Å². The predicted molar refractivity (Wildman–Crippen MR) is 91.0 cm³/mol. The van der Waals surface area contributed by atoms with Gasteiger partial charge in [-0.05, 0) is 51.0 Å². The van der Waals surface area contributed by atoms with Crippen LogP contribution in [0.4, 0.5) is 0 Å². The first-order chi connectivity index (χ1) is 11.3. The topological polar surface area (TPSA) is 50.8 Å². The van der Waals surface area contributed by atoms with Crippen LogP contribution >= 0.6 is 0 Å². The van der Waals surface area contributed by atoms with E-state index in [-0.39, 0.29) is 12.5 Å². The number of carbonyl (C=O) groups is 1. The average Bonchev–Trinajstić information content (AvgIpc) is 2.86. The lowest BCUT2D eigenvalue weighted by molar-refractivity contribution is -0.123. The van der Waals surface area contributed by atoms with Crippen LogP contribution in [0.25, 0.3) is 0 Å². The van der Waals surface area contributed by atoms with Crippen molar-refractivity contribution < 1.29 is 14.3 Å². The van der Waals surface area contributed by atoms with Crippen LogP contribution in [-0.4, -0.2) is 50.7 Å². The number of nitrogens with zero attached hydrogens (tertiary/aromatic N) is 1. The molecule has 0 atom stereocenters. The summed E-state index contributed by atoms with van der Waals surface area (Å²) in [6.45, 7) is 4.18. The molecule has 5 heteroatoms. The van der Waals surface area contributed by atoms with Gasteiger partial charge in [0, 0.05) is 6.54 Å². The zero-order chi connectivity index (χ0) is 16.3. The van der Waals surface area contributed by atoms with E-state index in [1.54, 1.807) is 13.2 Å². The second-order valence-electron chi connectivity index (χ2n) is 5.90. The summed E-state index contributed by atoms with van der Waals surface area (Å²) in [4.78, 5) is 14.3. The smallest absolute Gasteiger partial charge is 0.257 e. The van der Waals surface area contributed by atoms with Crippen molar-refractivity contribution in [3.63, 3.8) is 0 Å². The quantitative estimate of drug-likeness (QED) is 0.748. The molecule has 0 aromatic heterocycles. The molecule has 1 aliphatic heterocycles. The summed E-state index contributed by atoms with van der Waals surface area (Å²) in [5, 5.41) is 2.91. The molecule has 1 fully saturated rings. The highest BCUT2D eigenvalue weighted by molar-refractivity contribution is 5.77. The van der Waals surface area contributed by atoms with Gasteiger partial charge in [-0.25, -0.2) is 0 Å². The van der Waals surface area contributed by atoms with Crippen LogP contribution in [0.15, 0.2) is 24.3 Å². The van der Waals surface area contributed by atoms with Crippen molar-refractivity contribution in [3.05, 3.63) is 24.3 Å². The van der Waals surface area contributed by atoms with Gasteiger partial charge in [0.1, 0.15) is 0 Å². The van der Waals surface area contributed by atoms with Gasteiger partial charge in [0.25, 0.3) is 5.91 Å². The molecule has 1 aromatic carbocycles. The number of ether oxygens (including phenoxy) is 2. The van der Waals surface area contributed by atoms with Gasteiger partial charge in [0.15, 0.2) is 18.1 Å². The molecule has 1 heterocycles. The van der Waals surface area contributed by atoms with E-state index < -0.39 is 0 Å². The third-order valence-corrected chi connectivity index (χ3v) is 4.10. The van der Waals surface area contributed by atoms with E-state index in [1.165, 1.54) is 38.8 Å². The molecule has 1 amide bonds. The third kappa shape index (κ3) is 6.48. The first-order valence-corrected chi connectivity index (χ1v) is 8.54. The van der Waals surface area contributed by atoms with Gasteiger partial charge < -0.3 is 19.7 Å². The number of likely N-dealkylation sites (tertiary alicyclic amines) is 1. The normalized spacial score (nSPS) is 15.7. The molecular formula is C18H28N2O3. The third-order valence-electron chi connectivity index (χ3n) is 4.10. The van der Waals surface area contributed by atoms with E-state index in [0.29, 0.717) is 18.0 Å². The lowest BCUT2D eigenvalue weighted by atomic mass is 10.2. The first-order valence-electron chi connectivity index (χ1n) is 8.54. The zero-order valence-electron chi connectivity index (χ0n) is 14.1. The van der Waals surface area contributed by atoms with Crippen LogP contribution in [0.3, 0.4) is 0 Å². The molecule has 23 heavy (non-hydrogen) atoms. The number of rotatable bonds is 8. The Bertz CT molecular complexity index is 471. The Balaban J connectivity index is 1.59. The number of para-hydroxylation sites is 2. The lowest BCUT2D eigenvalue weighted by Crippen LogP contribution is -2.33. The Labute approximate surface area is 139 Å². The van der Waals surface area contributed by atoms with Gasteiger partial charge >= 0.3 is 0 Å². The second-order valence-corrected chi connectivity index (χ2v) is 5.90. The van der Waals surface area contributed by atoms with Crippen molar-refractivity contribution in [2.75, 3.05) is 39.9 Å². The Morgan fingerprint density at radius 3 is 2.52 bits per heavy atom. The molecule has 0 spiro atoms. The number of nitrogens with one attached hydrogen (secondary N) is 1. The summed E-state index contributed by atoms with van der Waals surface area (Å²) in [5.41, 5.74) is 0. The van der Waals surface area contributed by atoms with Crippen LogP contribution in [0, 0.1) is 0 Å². The van der Waals surface area contributed by atoms with Crippen molar-refractivity contribution in [1.82, 2.24) is 10.2 Å². The summed E-state index contributed by atoms with van der Waals surface area (Å²) < 4.78 is 10.7. The number of carbonyl (C=O) groups excluding carboxylic acids is 1. The van der Waals surface area contributed by atoms with Gasteiger partial charge in [0.2, 0.25) is 0 Å². The van der Waals surface area contributed by atoms with Crippen molar-refractivity contribution >= 4 is 5.91 Å². The molecule has 1 saturated heterocycles. The molecular weight excluding hydrogens is 292 g/mol. The van der Waals surface area contributed by atoms with E-state index in [9.17, 15) is 4.79 Å². The Morgan fingerprint density at radius 2 is 1.83 bits per heavy atom. The molecule has 0 aliphatic carbocycles. The van der Waals surface area contributed by atoms with Gasteiger partial charge in [-0.3, -0.25) is 4.79 Å². The van der Waals surface area contributed by atoms with E-state index in [4.69, 9.17) is 9.47 Å². The molecule has 128 valence electrons. The number of hydrogen-bond acceptors (Lipinski definition) is 4. The summed E-state index contributed by atoms with van der Waals surface area (Å²) in [6.07, 6.45) is 6.31. The Kier molecular flexibility index (Phi) is 7.73. The van der Waals surface area contributed by atoms with E-state index >= 15 is 0 Å². The van der Waals surface area contributed by atoms with Crippen LogP contribution in [0.1, 0.15) is 32.1 Å². The van der Waals surface area contributed by atoms with Crippen LogP contribution in [0.2, 0.25) is 0 Å². The largest absolute Gasteiger partial charge is 0.493 e. The highest BCUT2D eigenvalue weighted by Gasteiger charge is 2.09. The fraction of sp³-hybridized carbons (Fsp3) is 0.611. The van der Waals surface area contributed by atoms with Crippen molar-refractivity contribution in [1.29, 1.82) is 0 Å². The van der Waals surface area contributed by atoms with E-state index in [0.717, 1.165) is 13.0 Å². The molecule has 1 aliphatic rings. The van der Waals surface area contributed by atoms with E-state index in [1.807, 2.05) is 18.2 Å². The molecule has 5 nitrogen and oxygen atoms in total. The molecule has 0 saturated carbocycles. The molecule has 1 N–H and O–H groups in total. The Morgan fingerprint density at radius 1 is 1.13 bits per heavy atom. The summed E-state index contributed by atoms with van der Waals surface area (Å²) in [6, 6.07) is 7.34. The van der Waals surface area contributed by atoms with Crippen molar-refractivity contribution in [2.45, 2.75) is 32.1 Å². The molecule has 0 radical (unpaired) electrons. The van der Waals surface area contributed by atoms with Gasteiger partial charge in [-0.15, -0.1) is 0 Å². The minimum absolute atomic E-state index is 0.0179. The molecule has 2 rings (SSSR count). The number of hydrogen-bond donors (Lipinski definition) is 1. The fourth-order valence-corrected chi connectivity index (χ4v) is 2.82. The van der Waals surface area contributed by atoms with Gasteiger partial charge in [-0.1, -0.05) is 25.0 Å². The summed E-state index contributed by atoms with van der Waals surface area (Å²) >= 11 is 0. The maximum atomic E-state index is 11.8.